The van der Waals surface area contributed by atoms with Crippen molar-refractivity contribution < 1.29 is 23.1 Å². The molecule has 0 aliphatic heterocycles. The van der Waals surface area contributed by atoms with Crippen LogP contribution in [0.4, 0.5) is 0 Å². The van der Waals surface area contributed by atoms with Crippen LogP contribution in [0.25, 0.3) is 0 Å². The molecular formula is C12H21NO5S. The molecule has 0 atom stereocenters. The van der Waals surface area contributed by atoms with Crippen LogP contribution in [0.2, 0.25) is 0 Å². The fourth-order valence-electron chi connectivity index (χ4n) is 2.44. The number of carboxylic acid groups (broad SMARTS) is 1. The number of carbonyl (C=O) groups excluding carboxylic acids is 1. The van der Waals surface area contributed by atoms with Crippen molar-refractivity contribution in [2.75, 3.05) is 18.6 Å². The van der Waals surface area contributed by atoms with Gasteiger partial charge in [0.05, 0.1) is 11.2 Å². The number of rotatable bonds is 6. The van der Waals surface area contributed by atoms with E-state index >= 15 is 0 Å². The van der Waals surface area contributed by atoms with Gasteiger partial charge in [0.1, 0.15) is 9.84 Å². The fourth-order valence-corrected chi connectivity index (χ4v) is 2.91. The maximum absolute atomic E-state index is 11.7. The molecule has 1 aliphatic carbocycles. The number of hydrogen-bond acceptors (Lipinski definition) is 4. The predicted molar refractivity (Wildman–Crippen MR) is 70.5 cm³/mol. The molecule has 7 heteroatoms. The van der Waals surface area contributed by atoms with Gasteiger partial charge in [-0.1, -0.05) is 19.3 Å². The number of carboxylic acids is 1. The molecule has 0 spiro atoms. The summed E-state index contributed by atoms with van der Waals surface area (Å²) in [6.07, 6.45) is 4.71. The Morgan fingerprint density at radius 2 is 1.79 bits per heavy atom. The normalized spacial score (nSPS) is 18.8. The molecule has 0 saturated heterocycles. The van der Waals surface area contributed by atoms with Crippen molar-refractivity contribution >= 4 is 21.7 Å². The molecule has 2 N–H and O–H groups in total. The van der Waals surface area contributed by atoms with Gasteiger partial charge in [0.25, 0.3) is 0 Å². The zero-order valence-corrected chi connectivity index (χ0v) is 12.0. The van der Waals surface area contributed by atoms with Crippen molar-refractivity contribution in [3.8, 4) is 0 Å². The molecule has 0 aromatic carbocycles. The Morgan fingerprint density at radius 1 is 1.21 bits per heavy atom. The number of sulfone groups is 1. The van der Waals surface area contributed by atoms with Crippen LogP contribution in [0.5, 0.6) is 0 Å². The second-order valence-corrected chi connectivity index (χ2v) is 7.56. The van der Waals surface area contributed by atoms with Crippen molar-refractivity contribution in [3.05, 3.63) is 0 Å². The number of aliphatic carboxylic acids is 1. The molecular weight excluding hydrogens is 270 g/mol. The van der Waals surface area contributed by atoms with Gasteiger partial charge in [-0.3, -0.25) is 9.59 Å². The van der Waals surface area contributed by atoms with Crippen molar-refractivity contribution in [1.29, 1.82) is 0 Å². The first kappa shape index (κ1) is 15.9. The lowest BCUT2D eigenvalue weighted by molar-refractivity contribution is -0.154. The van der Waals surface area contributed by atoms with Crippen LogP contribution in [0.15, 0.2) is 0 Å². The van der Waals surface area contributed by atoms with E-state index in [1.807, 2.05) is 0 Å². The molecule has 19 heavy (non-hydrogen) atoms. The lowest BCUT2D eigenvalue weighted by atomic mass is 9.71. The predicted octanol–water partition coefficient (Wildman–Crippen LogP) is 0.572. The Bertz CT molecular complexity index is 437. The van der Waals surface area contributed by atoms with Crippen LogP contribution in [-0.2, 0) is 19.4 Å². The van der Waals surface area contributed by atoms with Gasteiger partial charge in [-0.05, 0) is 12.8 Å². The Hall–Kier alpha value is -1.11. The minimum absolute atomic E-state index is 0.0351. The summed E-state index contributed by atoms with van der Waals surface area (Å²) in [6.45, 7) is 0.0351. The van der Waals surface area contributed by atoms with E-state index in [0.717, 1.165) is 25.5 Å². The van der Waals surface area contributed by atoms with Gasteiger partial charge in [0.15, 0.2) is 0 Å². The number of amides is 1. The van der Waals surface area contributed by atoms with E-state index < -0.39 is 21.2 Å². The summed E-state index contributed by atoms with van der Waals surface area (Å²) in [6, 6.07) is 0. The molecule has 0 aromatic rings. The van der Waals surface area contributed by atoms with E-state index in [1.54, 1.807) is 0 Å². The highest BCUT2D eigenvalue weighted by molar-refractivity contribution is 7.90. The average Bonchev–Trinajstić information content (AvgIpc) is 2.28. The van der Waals surface area contributed by atoms with E-state index in [1.165, 1.54) is 0 Å². The minimum Gasteiger partial charge on any atom is -0.481 e. The Kier molecular flexibility index (Phi) is 5.34. The van der Waals surface area contributed by atoms with Crippen LogP contribution >= 0.6 is 0 Å². The average molecular weight is 291 g/mol. The summed E-state index contributed by atoms with van der Waals surface area (Å²) >= 11 is 0. The maximum Gasteiger partial charge on any atom is 0.310 e. The van der Waals surface area contributed by atoms with E-state index in [-0.39, 0.29) is 24.6 Å². The molecule has 0 radical (unpaired) electrons. The Balaban J connectivity index is 2.51. The Morgan fingerprint density at radius 3 is 2.26 bits per heavy atom. The number of carbonyl (C=O) groups is 2. The quantitative estimate of drug-likeness (QED) is 0.745. The zero-order chi connectivity index (χ0) is 14.5. The lowest BCUT2D eigenvalue weighted by Crippen LogP contribution is -2.40. The fraction of sp³-hybridized carbons (Fsp3) is 0.833. The number of hydrogen-bond donors (Lipinski definition) is 2. The van der Waals surface area contributed by atoms with Crippen molar-refractivity contribution in [3.63, 3.8) is 0 Å². The van der Waals surface area contributed by atoms with Crippen LogP contribution in [0, 0.1) is 5.41 Å². The van der Waals surface area contributed by atoms with Gasteiger partial charge in [-0.15, -0.1) is 0 Å². The van der Waals surface area contributed by atoms with Crippen LogP contribution in [0.3, 0.4) is 0 Å². The summed E-state index contributed by atoms with van der Waals surface area (Å²) in [5, 5.41) is 11.8. The van der Waals surface area contributed by atoms with Crippen molar-refractivity contribution in [1.82, 2.24) is 5.32 Å². The molecule has 0 aromatic heterocycles. The van der Waals surface area contributed by atoms with Crippen LogP contribution in [0.1, 0.15) is 38.5 Å². The third-order valence-corrected chi connectivity index (χ3v) is 4.50. The molecule has 6 nitrogen and oxygen atoms in total. The summed E-state index contributed by atoms with van der Waals surface area (Å²) < 4.78 is 21.9. The largest absolute Gasteiger partial charge is 0.481 e. The number of nitrogens with one attached hydrogen (secondary N) is 1. The molecule has 0 bridgehead atoms. The van der Waals surface area contributed by atoms with Gasteiger partial charge >= 0.3 is 5.97 Å². The Labute approximate surface area is 113 Å². The summed E-state index contributed by atoms with van der Waals surface area (Å²) in [5.41, 5.74) is -0.965. The molecule has 1 aliphatic rings. The first-order valence-corrected chi connectivity index (χ1v) is 8.49. The molecule has 1 amide bonds. The third kappa shape index (κ3) is 5.18. The minimum atomic E-state index is -3.12. The van der Waals surface area contributed by atoms with Crippen LogP contribution in [-0.4, -0.2) is 44.0 Å². The van der Waals surface area contributed by atoms with E-state index in [0.29, 0.717) is 12.8 Å². The smallest absolute Gasteiger partial charge is 0.310 e. The molecule has 1 saturated carbocycles. The molecule has 110 valence electrons. The van der Waals surface area contributed by atoms with Gasteiger partial charge in [-0.2, -0.15) is 0 Å². The SMILES string of the molecule is CS(=O)(=O)CCNC(=O)CC1(C(=O)O)CCCCC1. The summed E-state index contributed by atoms with van der Waals surface area (Å²) in [5.74, 6) is -1.43. The maximum atomic E-state index is 11.7. The van der Waals surface area contributed by atoms with Gasteiger partial charge in [-0.25, -0.2) is 8.42 Å². The highest BCUT2D eigenvalue weighted by Gasteiger charge is 2.41. The van der Waals surface area contributed by atoms with E-state index in [4.69, 9.17) is 0 Å². The second kappa shape index (κ2) is 6.36. The highest BCUT2D eigenvalue weighted by atomic mass is 32.2. The monoisotopic (exact) mass is 291 g/mol. The van der Waals surface area contributed by atoms with E-state index in [9.17, 15) is 23.1 Å². The molecule has 0 heterocycles. The molecule has 0 unspecified atom stereocenters. The first-order valence-electron chi connectivity index (χ1n) is 6.43. The topological polar surface area (TPSA) is 101 Å². The third-order valence-electron chi connectivity index (χ3n) is 3.56. The van der Waals surface area contributed by atoms with Crippen molar-refractivity contribution in [2.45, 2.75) is 38.5 Å². The standard InChI is InChI=1S/C12H21NO5S/c1-19(17,18)8-7-13-10(14)9-12(11(15)16)5-3-2-4-6-12/h2-9H2,1H3,(H,13,14)(H,15,16). The summed E-state index contributed by atoms with van der Waals surface area (Å²) in [4.78, 5) is 23.1. The van der Waals surface area contributed by atoms with Crippen LogP contribution < -0.4 is 5.32 Å². The zero-order valence-electron chi connectivity index (χ0n) is 11.1. The molecule has 1 rings (SSSR count). The van der Waals surface area contributed by atoms with E-state index in [2.05, 4.69) is 5.32 Å². The first-order chi connectivity index (χ1) is 8.75. The van der Waals surface area contributed by atoms with Gasteiger partial charge < -0.3 is 10.4 Å². The molecule has 1 fully saturated rings. The summed E-state index contributed by atoms with van der Waals surface area (Å²) in [7, 11) is -3.12. The van der Waals surface area contributed by atoms with Crippen molar-refractivity contribution in [2.24, 2.45) is 5.41 Å². The highest BCUT2D eigenvalue weighted by Crippen LogP contribution is 2.39. The van der Waals surface area contributed by atoms with Gasteiger partial charge in [0.2, 0.25) is 5.91 Å². The second-order valence-electron chi connectivity index (χ2n) is 5.30. The lowest BCUT2D eigenvalue weighted by Gasteiger charge is -2.32. The van der Waals surface area contributed by atoms with Gasteiger partial charge in [0, 0.05) is 19.2 Å².